The van der Waals surface area contributed by atoms with E-state index in [2.05, 4.69) is 16.4 Å². The zero-order valence-electron chi connectivity index (χ0n) is 15.9. The van der Waals surface area contributed by atoms with Gasteiger partial charge in [-0.1, -0.05) is 24.3 Å². The Morgan fingerprint density at radius 3 is 2.46 bits per heavy atom. The third-order valence-electron chi connectivity index (χ3n) is 4.91. The lowest BCUT2D eigenvalue weighted by molar-refractivity contribution is -0.112. The second kappa shape index (κ2) is 7.74. The molecule has 2 N–H and O–H groups in total. The van der Waals surface area contributed by atoms with E-state index >= 15 is 0 Å². The number of ether oxygens (including phenoxy) is 2. The zero-order chi connectivity index (χ0) is 19.5. The molecule has 0 unspecified atom stereocenters. The number of Topliss-reactive ketones (excluding diaryl/α,β-unsaturated/α-hetero) is 1. The highest BCUT2D eigenvalue weighted by Gasteiger charge is 2.20. The van der Waals surface area contributed by atoms with Crippen molar-refractivity contribution in [2.45, 2.75) is 0 Å². The largest absolute Gasteiger partial charge is 0.493 e. The maximum absolute atomic E-state index is 13.0. The maximum atomic E-state index is 13.0. The monoisotopic (exact) mass is 374 g/mol. The maximum Gasteiger partial charge on any atom is 0.187 e. The van der Waals surface area contributed by atoms with Gasteiger partial charge in [-0.15, -0.1) is 0 Å². The van der Waals surface area contributed by atoms with Gasteiger partial charge in [0, 0.05) is 46.9 Å². The second-order valence-electron chi connectivity index (χ2n) is 6.68. The van der Waals surface area contributed by atoms with E-state index in [-0.39, 0.29) is 5.78 Å². The minimum absolute atomic E-state index is 0.0683. The average molecular weight is 374 g/mol. The Morgan fingerprint density at radius 1 is 0.929 bits per heavy atom. The lowest BCUT2D eigenvalue weighted by Gasteiger charge is -2.18. The predicted molar refractivity (Wildman–Crippen MR) is 112 cm³/mol. The Kier molecular flexibility index (Phi) is 5.00. The van der Waals surface area contributed by atoms with E-state index in [1.54, 1.807) is 14.2 Å². The van der Waals surface area contributed by atoms with Crippen LogP contribution in [0.25, 0.3) is 23.1 Å². The van der Waals surface area contributed by atoms with Crippen molar-refractivity contribution in [3.05, 3.63) is 70.9 Å². The van der Waals surface area contributed by atoms with Gasteiger partial charge in [0.1, 0.15) is 0 Å². The molecular formula is C23H22N2O3. The van der Waals surface area contributed by atoms with E-state index in [0.717, 1.165) is 33.2 Å². The molecule has 1 aliphatic heterocycles. The van der Waals surface area contributed by atoms with Crippen LogP contribution in [0.4, 0.5) is 0 Å². The van der Waals surface area contributed by atoms with Gasteiger partial charge in [-0.2, -0.15) is 0 Å². The number of para-hydroxylation sites is 1. The lowest BCUT2D eigenvalue weighted by atomic mass is 9.95. The standard InChI is InChI=1S/C23H22N2O3/c1-27-21-8-7-15(10-22(21)28-2)9-17-12-24-13-18(23(17)26)11-16-14-25-20-6-4-3-5-19(16)20/h3-11,14,24-25H,12-13H2,1-2H3. The quantitative estimate of drug-likeness (QED) is 0.682. The molecule has 3 aromatic rings. The van der Waals surface area contributed by atoms with Crippen molar-refractivity contribution in [3.63, 3.8) is 0 Å². The molecule has 1 aliphatic rings. The molecule has 0 saturated carbocycles. The van der Waals surface area contributed by atoms with Crippen molar-refractivity contribution in [2.24, 2.45) is 0 Å². The number of piperidine rings is 1. The van der Waals surface area contributed by atoms with E-state index in [9.17, 15) is 4.79 Å². The molecule has 2 heterocycles. The Bertz CT molecular complexity index is 1090. The molecule has 142 valence electrons. The first-order valence-electron chi connectivity index (χ1n) is 9.14. The first kappa shape index (κ1) is 18.1. The Hall–Kier alpha value is -3.31. The number of carbonyl (C=O) groups excluding carboxylic acids is 1. The van der Waals surface area contributed by atoms with Gasteiger partial charge in [0.05, 0.1) is 14.2 Å². The fourth-order valence-electron chi connectivity index (χ4n) is 3.48. The molecule has 0 aliphatic carbocycles. The molecular weight excluding hydrogens is 352 g/mol. The molecule has 0 atom stereocenters. The molecule has 0 spiro atoms. The van der Waals surface area contributed by atoms with E-state index in [1.165, 1.54) is 0 Å². The van der Waals surface area contributed by atoms with Crippen LogP contribution in [0.1, 0.15) is 11.1 Å². The van der Waals surface area contributed by atoms with Crippen LogP contribution in [0, 0.1) is 0 Å². The predicted octanol–water partition coefficient (Wildman–Crippen LogP) is 3.82. The third kappa shape index (κ3) is 3.44. The van der Waals surface area contributed by atoms with E-state index in [4.69, 9.17) is 9.47 Å². The number of ketones is 1. The molecule has 2 aromatic carbocycles. The zero-order valence-corrected chi connectivity index (χ0v) is 15.9. The Labute approximate surface area is 163 Å². The first-order chi connectivity index (χ1) is 13.7. The van der Waals surface area contributed by atoms with E-state index in [0.29, 0.717) is 24.6 Å². The number of hydrogen-bond donors (Lipinski definition) is 2. The van der Waals surface area contributed by atoms with Gasteiger partial charge in [-0.25, -0.2) is 0 Å². The van der Waals surface area contributed by atoms with Gasteiger partial charge in [0.2, 0.25) is 0 Å². The number of rotatable bonds is 4. The summed E-state index contributed by atoms with van der Waals surface area (Å²) in [6.07, 6.45) is 5.81. The summed E-state index contributed by atoms with van der Waals surface area (Å²) < 4.78 is 10.6. The number of methoxy groups -OCH3 is 2. The van der Waals surface area contributed by atoms with Crippen molar-refractivity contribution in [3.8, 4) is 11.5 Å². The van der Waals surface area contributed by atoms with Crippen LogP contribution in [0.3, 0.4) is 0 Å². The number of benzene rings is 2. The van der Waals surface area contributed by atoms with Gasteiger partial charge in [0.15, 0.2) is 17.3 Å². The highest BCUT2D eigenvalue weighted by atomic mass is 16.5. The molecule has 0 radical (unpaired) electrons. The SMILES string of the molecule is COc1ccc(C=C2CNCC(=Cc3c[nH]c4ccccc34)C2=O)cc1OC. The summed E-state index contributed by atoms with van der Waals surface area (Å²) in [7, 11) is 3.20. The van der Waals surface area contributed by atoms with Gasteiger partial charge < -0.3 is 19.8 Å². The summed E-state index contributed by atoms with van der Waals surface area (Å²) >= 11 is 0. The molecule has 0 amide bonds. The number of H-pyrrole nitrogens is 1. The first-order valence-corrected chi connectivity index (χ1v) is 9.14. The van der Waals surface area contributed by atoms with E-state index in [1.807, 2.05) is 54.7 Å². The Balaban J connectivity index is 1.65. The summed E-state index contributed by atoms with van der Waals surface area (Å²) in [6.45, 7) is 1.10. The van der Waals surface area contributed by atoms with Crippen LogP contribution in [-0.4, -0.2) is 38.1 Å². The Morgan fingerprint density at radius 2 is 1.68 bits per heavy atom. The molecule has 0 bridgehead atoms. The van der Waals surface area contributed by atoms with Gasteiger partial charge >= 0.3 is 0 Å². The number of aromatic nitrogens is 1. The summed E-state index contributed by atoms with van der Waals surface area (Å²) in [5, 5.41) is 4.43. The lowest BCUT2D eigenvalue weighted by Crippen LogP contribution is -2.32. The second-order valence-corrected chi connectivity index (χ2v) is 6.68. The third-order valence-corrected chi connectivity index (χ3v) is 4.91. The van der Waals surface area contributed by atoms with E-state index < -0.39 is 0 Å². The molecule has 1 aromatic heterocycles. The summed E-state index contributed by atoms with van der Waals surface area (Å²) in [5.74, 6) is 1.37. The van der Waals surface area contributed by atoms with Crippen LogP contribution < -0.4 is 14.8 Å². The normalized spacial score (nSPS) is 17.4. The number of carbonyl (C=O) groups is 1. The molecule has 1 fully saturated rings. The number of aromatic amines is 1. The molecule has 1 saturated heterocycles. The smallest absolute Gasteiger partial charge is 0.187 e. The summed E-state index contributed by atoms with van der Waals surface area (Å²) in [5.41, 5.74) is 4.46. The average Bonchev–Trinajstić information content (AvgIpc) is 3.14. The van der Waals surface area contributed by atoms with Crippen molar-refractivity contribution in [1.82, 2.24) is 10.3 Å². The van der Waals surface area contributed by atoms with Crippen LogP contribution in [0.5, 0.6) is 11.5 Å². The molecule has 28 heavy (non-hydrogen) atoms. The minimum Gasteiger partial charge on any atom is -0.493 e. The summed E-state index contributed by atoms with van der Waals surface area (Å²) in [4.78, 5) is 16.3. The molecule has 5 heteroatoms. The number of fused-ring (bicyclic) bond motifs is 1. The van der Waals surface area contributed by atoms with Crippen molar-refractivity contribution < 1.29 is 14.3 Å². The number of hydrogen-bond acceptors (Lipinski definition) is 4. The number of nitrogens with one attached hydrogen (secondary N) is 2. The molecule has 5 nitrogen and oxygen atoms in total. The van der Waals surface area contributed by atoms with Crippen LogP contribution in [0.15, 0.2) is 59.8 Å². The highest BCUT2D eigenvalue weighted by Crippen LogP contribution is 2.29. The van der Waals surface area contributed by atoms with Crippen molar-refractivity contribution in [1.29, 1.82) is 0 Å². The van der Waals surface area contributed by atoms with Crippen LogP contribution in [-0.2, 0) is 4.79 Å². The minimum atomic E-state index is 0.0683. The fraction of sp³-hybridized carbons (Fsp3) is 0.174. The van der Waals surface area contributed by atoms with Crippen LogP contribution >= 0.6 is 0 Å². The van der Waals surface area contributed by atoms with Crippen molar-refractivity contribution >= 4 is 28.8 Å². The van der Waals surface area contributed by atoms with Gasteiger partial charge in [0.25, 0.3) is 0 Å². The van der Waals surface area contributed by atoms with Gasteiger partial charge in [-0.05, 0) is 35.9 Å². The van der Waals surface area contributed by atoms with Crippen LogP contribution in [0.2, 0.25) is 0 Å². The van der Waals surface area contributed by atoms with Crippen molar-refractivity contribution in [2.75, 3.05) is 27.3 Å². The summed E-state index contributed by atoms with van der Waals surface area (Å²) in [6, 6.07) is 13.7. The fourth-order valence-corrected chi connectivity index (χ4v) is 3.48. The highest BCUT2D eigenvalue weighted by molar-refractivity contribution is 6.15. The molecule has 4 rings (SSSR count). The topological polar surface area (TPSA) is 63.3 Å². The van der Waals surface area contributed by atoms with Gasteiger partial charge in [-0.3, -0.25) is 4.79 Å².